The second-order valence-electron chi connectivity index (χ2n) is 13.7. The maximum absolute atomic E-state index is 4.29. The van der Waals surface area contributed by atoms with Gasteiger partial charge in [-0.2, -0.15) is 0 Å². The number of aromatic nitrogens is 1. The molecule has 10 aromatic rings. The van der Waals surface area contributed by atoms with Gasteiger partial charge in [-0.05, 0) is 121 Å². The molecule has 254 valence electrons. The number of nitrogens with zero attached hydrogens (tertiary/aromatic N) is 2. The number of anilines is 3. The van der Waals surface area contributed by atoms with Crippen molar-refractivity contribution >= 4 is 60.0 Å². The van der Waals surface area contributed by atoms with Gasteiger partial charge in [-0.3, -0.25) is 4.98 Å². The molecule has 2 aromatic heterocycles. The zero-order chi connectivity index (χ0) is 35.8. The van der Waals surface area contributed by atoms with Crippen molar-refractivity contribution in [2.45, 2.75) is 0 Å². The number of pyridine rings is 1. The van der Waals surface area contributed by atoms with Gasteiger partial charge in [-0.15, -0.1) is 11.3 Å². The lowest BCUT2D eigenvalue weighted by molar-refractivity contribution is 1.28. The fraction of sp³-hybridized carbons (Fsp3) is 0. The van der Waals surface area contributed by atoms with Crippen LogP contribution in [0.3, 0.4) is 0 Å². The Kier molecular flexibility index (Phi) is 8.05. The Balaban J connectivity index is 0.980. The van der Waals surface area contributed by atoms with Crippen LogP contribution < -0.4 is 4.90 Å². The molecule has 0 fully saturated rings. The molecule has 10 rings (SSSR count). The van der Waals surface area contributed by atoms with Crippen molar-refractivity contribution in [3.8, 4) is 43.8 Å². The third-order valence-corrected chi connectivity index (χ3v) is 11.5. The zero-order valence-electron chi connectivity index (χ0n) is 29.4. The van der Waals surface area contributed by atoms with E-state index in [0.29, 0.717) is 0 Å². The smallest absolute Gasteiger partial charge is 0.0462 e. The van der Waals surface area contributed by atoms with E-state index in [0.717, 1.165) is 17.1 Å². The molecule has 0 amide bonds. The Bertz CT molecular complexity index is 2750. The highest BCUT2D eigenvalue weighted by molar-refractivity contribution is 7.22. The quantitative estimate of drug-likeness (QED) is 0.164. The summed E-state index contributed by atoms with van der Waals surface area (Å²) in [5.41, 5.74) is 11.7. The Morgan fingerprint density at radius 1 is 0.333 bits per heavy atom. The van der Waals surface area contributed by atoms with E-state index in [9.17, 15) is 0 Å². The largest absolute Gasteiger partial charge is 0.311 e. The molecule has 0 saturated carbocycles. The van der Waals surface area contributed by atoms with Crippen LogP contribution >= 0.6 is 11.3 Å². The lowest BCUT2D eigenvalue weighted by Crippen LogP contribution is -2.09. The molecule has 0 radical (unpaired) electrons. The van der Waals surface area contributed by atoms with E-state index < -0.39 is 0 Å². The minimum absolute atomic E-state index is 1.10. The molecule has 2 heterocycles. The van der Waals surface area contributed by atoms with Crippen LogP contribution in [0.2, 0.25) is 0 Å². The highest BCUT2D eigenvalue weighted by Gasteiger charge is 2.14. The molecule has 0 aliphatic heterocycles. The number of fused-ring (bicyclic) bond motifs is 3. The van der Waals surface area contributed by atoms with E-state index in [2.05, 4.69) is 204 Å². The topological polar surface area (TPSA) is 16.1 Å². The molecule has 0 aliphatic carbocycles. The summed E-state index contributed by atoms with van der Waals surface area (Å²) in [5, 5.41) is 6.20. The molecule has 2 nitrogen and oxygen atoms in total. The third-order valence-electron chi connectivity index (χ3n) is 10.4. The van der Waals surface area contributed by atoms with Gasteiger partial charge in [0.05, 0.1) is 0 Å². The van der Waals surface area contributed by atoms with Gasteiger partial charge in [-0.1, -0.05) is 133 Å². The van der Waals surface area contributed by atoms with E-state index in [1.54, 1.807) is 0 Å². The van der Waals surface area contributed by atoms with Crippen LogP contribution in [0.15, 0.2) is 207 Å². The summed E-state index contributed by atoms with van der Waals surface area (Å²) in [6.07, 6.45) is 3.80. The van der Waals surface area contributed by atoms with Crippen LogP contribution in [-0.4, -0.2) is 4.98 Å². The van der Waals surface area contributed by atoms with Gasteiger partial charge >= 0.3 is 0 Å². The monoisotopic (exact) mass is 706 g/mol. The molecule has 0 N–H and O–H groups in total. The number of benzene rings is 8. The molecule has 0 atom stereocenters. The first-order valence-corrected chi connectivity index (χ1v) is 19.1. The molecule has 0 bridgehead atoms. The predicted octanol–water partition coefficient (Wildman–Crippen LogP) is 14.7. The standard InChI is InChI=1S/C51H34N2S/c1-3-7-42-31-44(15-11-35(42)5-1)39-19-25-48(26-20-39)53(49-27-21-40(22-28-49)45-16-12-36-6-2-4-8-43(36)32-45)47-23-17-38(18-24-47)37-9-13-41(14-10-37)51-33-46-34-52-30-29-50(46)54-51/h1-34H. The number of rotatable bonds is 7. The average molecular weight is 707 g/mol. The Morgan fingerprint density at radius 3 is 1.22 bits per heavy atom. The van der Waals surface area contributed by atoms with Crippen LogP contribution in [-0.2, 0) is 0 Å². The summed E-state index contributed by atoms with van der Waals surface area (Å²) >= 11 is 1.81. The van der Waals surface area contributed by atoms with Gasteiger partial charge in [0.1, 0.15) is 0 Å². The SMILES string of the molecule is c1ccc2cc(-c3ccc(N(c4ccc(-c5ccc(-c6cc7cnccc7s6)cc5)cc4)c4ccc(-c5ccc6ccccc6c5)cc4)cc3)ccc2c1. The highest BCUT2D eigenvalue weighted by atomic mass is 32.1. The molecular formula is C51H34N2S. The summed E-state index contributed by atoms with van der Waals surface area (Å²) in [5.74, 6) is 0. The Hall–Kier alpha value is -6.81. The second-order valence-corrected chi connectivity index (χ2v) is 14.8. The lowest BCUT2D eigenvalue weighted by Gasteiger charge is -2.26. The van der Waals surface area contributed by atoms with Crippen LogP contribution in [0, 0.1) is 0 Å². The van der Waals surface area contributed by atoms with Crippen molar-refractivity contribution in [2.75, 3.05) is 4.90 Å². The van der Waals surface area contributed by atoms with E-state index in [1.807, 2.05) is 23.7 Å². The van der Waals surface area contributed by atoms with Crippen LogP contribution in [0.5, 0.6) is 0 Å². The Morgan fingerprint density at radius 2 is 0.741 bits per heavy atom. The number of hydrogen-bond acceptors (Lipinski definition) is 3. The third kappa shape index (κ3) is 6.11. The van der Waals surface area contributed by atoms with Gasteiger partial charge in [0.25, 0.3) is 0 Å². The minimum atomic E-state index is 1.10. The van der Waals surface area contributed by atoms with E-state index >= 15 is 0 Å². The fourth-order valence-electron chi connectivity index (χ4n) is 7.45. The number of hydrogen-bond donors (Lipinski definition) is 0. The molecule has 3 heteroatoms. The van der Waals surface area contributed by atoms with Crippen LogP contribution in [0.4, 0.5) is 17.1 Å². The maximum atomic E-state index is 4.29. The molecule has 0 saturated heterocycles. The first kappa shape index (κ1) is 31.9. The van der Waals surface area contributed by atoms with Crippen LogP contribution in [0.25, 0.3) is 75.5 Å². The molecule has 8 aromatic carbocycles. The van der Waals surface area contributed by atoms with Crippen molar-refractivity contribution < 1.29 is 0 Å². The lowest BCUT2D eigenvalue weighted by atomic mass is 10.00. The van der Waals surface area contributed by atoms with Crippen molar-refractivity contribution in [3.05, 3.63) is 207 Å². The van der Waals surface area contributed by atoms with Gasteiger partial charge in [0.15, 0.2) is 0 Å². The molecule has 54 heavy (non-hydrogen) atoms. The predicted molar refractivity (Wildman–Crippen MR) is 231 cm³/mol. The second kappa shape index (κ2) is 13.6. The van der Waals surface area contributed by atoms with Crippen molar-refractivity contribution in [1.29, 1.82) is 0 Å². The zero-order valence-corrected chi connectivity index (χ0v) is 30.2. The first-order chi connectivity index (χ1) is 26.7. The molecule has 0 unspecified atom stereocenters. The van der Waals surface area contributed by atoms with Gasteiger partial charge in [-0.25, -0.2) is 0 Å². The fourth-order valence-corrected chi connectivity index (χ4v) is 8.48. The normalized spacial score (nSPS) is 11.3. The van der Waals surface area contributed by atoms with E-state index in [4.69, 9.17) is 0 Å². The highest BCUT2D eigenvalue weighted by Crippen LogP contribution is 2.39. The van der Waals surface area contributed by atoms with Crippen molar-refractivity contribution in [3.63, 3.8) is 0 Å². The Labute approximate surface area is 318 Å². The first-order valence-electron chi connectivity index (χ1n) is 18.2. The van der Waals surface area contributed by atoms with E-state index in [-0.39, 0.29) is 0 Å². The summed E-state index contributed by atoms with van der Waals surface area (Å²) in [7, 11) is 0. The van der Waals surface area contributed by atoms with Crippen LogP contribution in [0.1, 0.15) is 0 Å². The summed E-state index contributed by atoms with van der Waals surface area (Å²) in [6.45, 7) is 0. The summed E-state index contributed by atoms with van der Waals surface area (Å²) in [4.78, 5) is 7.89. The van der Waals surface area contributed by atoms with Crippen molar-refractivity contribution in [1.82, 2.24) is 4.98 Å². The molecule has 0 spiro atoms. The van der Waals surface area contributed by atoms with Crippen molar-refractivity contribution in [2.24, 2.45) is 0 Å². The molecular weight excluding hydrogens is 673 g/mol. The summed E-state index contributed by atoms with van der Waals surface area (Å²) in [6, 6.07) is 70.5. The molecule has 0 aliphatic rings. The maximum Gasteiger partial charge on any atom is 0.0462 e. The number of thiophene rings is 1. The summed E-state index contributed by atoms with van der Waals surface area (Å²) < 4.78 is 1.26. The minimum Gasteiger partial charge on any atom is -0.311 e. The average Bonchev–Trinajstić information content (AvgIpc) is 3.69. The van der Waals surface area contributed by atoms with Gasteiger partial charge in [0, 0.05) is 44.4 Å². The van der Waals surface area contributed by atoms with Gasteiger partial charge < -0.3 is 4.90 Å². The van der Waals surface area contributed by atoms with E-state index in [1.165, 1.54) is 75.5 Å². The van der Waals surface area contributed by atoms with Gasteiger partial charge in [0.2, 0.25) is 0 Å².